The van der Waals surface area contributed by atoms with Crippen molar-refractivity contribution in [1.29, 1.82) is 0 Å². The highest BCUT2D eigenvalue weighted by Gasteiger charge is 2.37. The smallest absolute Gasteiger partial charge is 0.532 e. The monoisotopic (exact) mass is 564 g/mol. The first-order valence-electron chi connectivity index (χ1n) is 10.3. The molecule has 5 aromatic rings. The maximum Gasteiger partial charge on any atom is 0.563 e. The Morgan fingerprint density at radius 1 is 0.436 bits per heavy atom. The molecule has 0 saturated heterocycles. The Kier molecular flexibility index (Phi) is 6.09. The number of fused-ring (bicyclic) bond motifs is 3. The summed E-state index contributed by atoms with van der Waals surface area (Å²) < 4.78 is 177. The average Bonchev–Trinajstić information content (AvgIpc) is 2.89. The predicted octanol–water partition coefficient (Wildman–Crippen LogP) is 6.58. The van der Waals surface area contributed by atoms with E-state index in [0.29, 0.717) is 18.2 Å². The number of rotatable bonds is 3. The van der Waals surface area contributed by atoms with Crippen molar-refractivity contribution >= 4 is 44.9 Å². The zero-order valence-electron chi connectivity index (χ0n) is 18.3. The average molecular weight is 564 g/mol. The Labute approximate surface area is 207 Å². The van der Waals surface area contributed by atoms with Crippen molar-refractivity contribution < 1.29 is 62.4 Å². The number of hydrogen-bond acceptors (Lipinski definition) is 2. The van der Waals surface area contributed by atoms with Crippen molar-refractivity contribution in [3.05, 3.63) is 94.1 Å². The van der Waals surface area contributed by atoms with Crippen molar-refractivity contribution in [2.75, 3.05) is 0 Å². The van der Waals surface area contributed by atoms with Crippen LogP contribution in [0.5, 0.6) is 5.75 Å². The maximum atomic E-state index is 15.4. The Hall–Kier alpha value is -4.14. The van der Waals surface area contributed by atoms with Crippen LogP contribution in [0.3, 0.4) is 0 Å². The third kappa shape index (κ3) is 3.59. The first-order valence-corrected chi connectivity index (χ1v) is 10.3. The largest absolute Gasteiger partial charge is 0.563 e. The van der Waals surface area contributed by atoms with E-state index in [9.17, 15) is 48.9 Å². The molecule has 15 heteroatoms. The van der Waals surface area contributed by atoms with Crippen molar-refractivity contribution in [2.24, 2.45) is 0 Å². The van der Waals surface area contributed by atoms with Crippen LogP contribution >= 0.6 is 0 Å². The van der Waals surface area contributed by atoms with Gasteiger partial charge in [-0.05, 0) is 24.3 Å². The molecule has 0 radical (unpaired) electrons. The fraction of sp³-hybridized carbons (Fsp3) is 0. The molecular formula is C24H5BF12O2. The topological polar surface area (TPSA) is 29.5 Å². The van der Waals surface area contributed by atoms with E-state index in [0.717, 1.165) is 6.07 Å². The van der Waals surface area contributed by atoms with Gasteiger partial charge in [-0.15, -0.1) is 0 Å². The highest BCUT2D eigenvalue weighted by molar-refractivity contribution is 6.64. The Bertz CT molecular complexity index is 1890. The Balaban J connectivity index is 1.85. The SMILES string of the molecule is OB(Oc1ccc(F)c2c(F)c(F)ccc12)c1c(F)c(F)c(F)c2c(F)c3c(F)c(F)c(F)c(F)c3c(F)c12. The number of benzene rings is 5. The molecule has 0 bridgehead atoms. The highest BCUT2D eigenvalue weighted by Crippen LogP contribution is 2.38. The van der Waals surface area contributed by atoms with E-state index in [2.05, 4.69) is 0 Å². The van der Waals surface area contributed by atoms with Crippen LogP contribution in [-0.2, 0) is 0 Å². The molecule has 2 nitrogen and oxygen atoms in total. The van der Waals surface area contributed by atoms with Gasteiger partial charge in [-0.25, -0.2) is 52.7 Å². The molecule has 200 valence electrons. The first kappa shape index (κ1) is 26.5. The normalized spacial score (nSPS) is 11.7. The van der Waals surface area contributed by atoms with Crippen molar-refractivity contribution in [3.8, 4) is 5.75 Å². The van der Waals surface area contributed by atoms with Gasteiger partial charge in [-0.3, -0.25) is 0 Å². The van der Waals surface area contributed by atoms with E-state index < -0.39 is 120 Å². The maximum absolute atomic E-state index is 15.4. The summed E-state index contributed by atoms with van der Waals surface area (Å²) in [6.45, 7) is 0. The van der Waals surface area contributed by atoms with Crippen LogP contribution in [0.1, 0.15) is 0 Å². The van der Waals surface area contributed by atoms with Gasteiger partial charge in [-0.2, -0.15) is 0 Å². The molecule has 0 fully saturated rings. The van der Waals surface area contributed by atoms with Gasteiger partial charge in [0.15, 0.2) is 52.4 Å². The lowest BCUT2D eigenvalue weighted by Gasteiger charge is -2.18. The van der Waals surface area contributed by atoms with E-state index in [4.69, 9.17) is 4.65 Å². The molecule has 0 aromatic heterocycles. The van der Waals surface area contributed by atoms with Crippen LogP contribution < -0.4 is 10.1 Å². The lowest BCUT2D eigenvalue weighted by Crippen LogP contribution is -2.41. The van der Waals surface area contributed by atoms with E-state index in [1.54, 1.807) is 0 Å². The van der Waals surface area contributed by atoms with Crippen molar-refractivity contribution in [2.45, 2.75) is 0 Å². The third-order valence-corrected chi connectivity index (χ3v) is 5.97. The van der Waals surface area contributed by atoms with Gasteiger partial charge >= 0.3 is 7.12 Å². The molecule has 39 heavy (non-hydrogen) atoms. The van der Waals surface area contributed by atoms with Gasteiger partial charge in [0.05, 0.1) is 21.5 Å². The molecule has 0 aliphatic carbocycles. The van der Waals surface area contributed by atoms with Gasteiger partial charge in [0, 0.05) is 16.2 Å². The Morgan fingerprint density at radius 2 is 0.897 bits per heavy atom. The molecule has 0 atom stereocenters. The Morgan fingerprint density at radius 3 is 1.46 bits per heavy atom. The molecule has 0 heterocycles. The minimum atomic E-state index is -3.01. The molecule has 0 aliphatic rings. The molecule has 0 amide bonds. The van der Waals surface area contributed by atoms with Crippen LogP contribution in [-0.4, -0.2) is 12.1 Å². The van der Waals surface area contributed by atoms with Crippen LogP contribution in [0.25, 0.3) is 32.3 Å². The van der Waals surface area contributed by atoms with Crippen molar-refractivity contribution in [1.82, 2.24) is 0 Å². The predicted molar refractivity (Wildman–Crippen MR) is 113 cm³/mol. The quantitative estimate of drug-likeness (QED) is 0.0883. The minimum absolute atomic E-state index is 0.496. The van der Waals surface area contributed by atoms with Crippen molar-refractivity contribution in [3.63, 3.8) is 0 Å². The van der Waals surface area contributed by atoms with Gasteiger partial charge in [0.2, 0.25) is 0 Å². The summed E-state index contributed by atoms with van der Waals surface area (Å²) in [6.07, 6.45) is 0. The molecule has 0 unspecified atom stereocenters. The summed E-state index contributed by atoms with van der Waals surface area (Å²) in [5.41, 5.74) is -1.79. The molecule has 0 spiro atoms. The molecule has 5 rings (SSSR count). The van der Waals surface area contributed by atoms with Gasteiger partial charge in [-0.1, -0.05) is 0 Å². The van der Waals surface area contributed by atoms with Crippen LogP contribution in [0, 0.1) is 69.8 Å². The number of halogens is 12. The first-order chi connectivity index (χ1) is 18.3. The van der Waals surface area contributed by atoms with E-state index in [-0.39, 0.29) is 0 Å². The second kappa shape index (κ2) is 8.97. The summed E-state index contributed by atoms with van der Waals surface area (Å²) >= 11 is 0. The second-order valence-corrected chi connectivity index (χ2v) is 8.04. The van der Waals surface area contributed by atoms with Crippen LogP contribution in [0.15, 0.2) is 24.3 Å². The molecule has 0 aliphatic heterocycles. The molecule has 5 aromatic carbocycles. The lowest BCUT2D eigenvalue weighted by molar-refractivity contribution is 0.414. The summed E-state index contributed by atoms with van der Waals surface area (Å²) in [4.78, 5) is 0. The fourth-order valence-electron chi connectivity index (χ4n) is 4.23. The van der Waals surface area contributed by atoms with E-state index in [1.807, 2.05) is 0 Å². The fourth-order valence-corrected chi connectivity index (χ4v) is 4.23. The molecular weight excluding hydrogens is 559 g/mol. The second-order valence-electron chi connectivity index (χ2n) is 8.04. The number of hydrogen-bond donors (Lipinski definition) is 1. The minimum Gasteiger partial charge on any atom is -0.532 e. The van der Waals surface area contributed by atoms with E-state index in [1.165, 1.54) is 0 Å². The summed E-state index contributed by atoms with van der Waals surface area (Å²) in [7, 11) is -3.01. The highest BCUT2D eigenvalue weighted by atomic mass is 19.2. The zero-order chi connectivity index (χ0) is 28.7. The van der Waals surface area contributed by atoms with Gasteiger partial charge in [0.25, 0.3) is 0 Å². The van der Waals surface area contributed by atoms with E-state index >= 15 is 8.78 Å². The summed E-state index contributed by atoms with van der Waals surface area (Å²) in [5.74, 6) is -28.0. The van der Waals surface area contributed by atoms with Gasteiger partial charge in [0.1, 0.15) is 23.2 Å². The van der Waals surface area contributed by atoms with Crippen LogP contribution in [0.4, 0.5) is 52.7 Å². The lowest BCUT2D eigenvalue weighted by atomic mass is 9.74. The van der Waals surface area contributed by atoms with Gasteiger partial charge < -0.3 is 9.68 Å². The summed E-state index contributed by atoms with van der Waals surface area (Å²) in [5, 5.41) is 1.15. The third-order valence-electron chi connectivity index (χ3n) is 5.97. The standard InChI is InChI=1S/C24H5BF12O2/c26-6-3-4-8(5-1-2-7(27)15(28)9(5)6)39-25(38)14-10-11(18(31)22(35)21(14)34)17(30)13-12(16(10)29)19(32)23(36)24(37)20(13)33/h1-4,38H. The summed E-state index contributed by atoms with van der Waals surface area (Å²) in [6, 6.07) is 2.41. The molecule has 1 N–H and O–H groups in total. The molecule has 0 saturated carbocycles. The van der Waals surface area contributed by atoms with Crippen LogP contribution in [0.2, 0.25) is 0 Å². The zero-order valence-corrected chi connectivity index (χ0v) is 18.3.